The minimum atomic E-state index is -1.83. The molecule has 15 heavy (non-hydrogen) atoms. The molecule has 5 nitrogen and oxygen atoms in total. The smallest absolute Gasteiger partial charge is 0.450 e. The van der Waals surface area contributed by atoms with Gasteiger partial charge in [0.05, 0.1) is 6.26 Å². The molecule has 0 bridgehead atoms. The lowest BCUT2D eigenvalue weighted by atomic mass is 10.5. The highest BCUT2D eigenvalue weighted by Crippen LogP contribution is 1.81. The van der Waals surface area contributed by atoms with Gasteiger partial charge in [0.2, 0.25) is 0 Å². The molecule has 0 heterocycles. The molecule has 0 aromatic rings. The zero-order valence-corrected chi connectivity index (χ0v) is 8.68. The minimum absolute atomic E-state index is 0.241. The highest BCUT2D eigenvalue weighted by atomic mass is 16.6. The summed E-state index contributed by atoms with van der Waals surface area (Å²) in [5, 5.41) is 13.9. The summed E-state index contributed by atoms with van der Waals surface area (Å²) in [7, 11) is 0. The number of carboxylic acid groups (broad SMARTS) is 2. The number of allylic oxidation sites excluding steroid dienone is 2. The summed E-state index contributed by atoms with van der Waals surface area (Å²) in [6.45, 7) is 11.7. The number of hydrogen-bond acceptors (Lipinski definition) is 3. The molecule has 0 saturated carbocycles. The van der Waals surface area contributed by atoms with Crippen LogP contribution in [-0.4, -0.2) is 22.3 Å². The molecule has 5 heteroatoms. The molecular weight excluding hydrogens is 200 g/mol. The molecule has 0 spiro atoms. The van der Waals surface area contributed by atoms with Gasteiger partial charge in [-0.05, 0) is 0 Å². The van der Waals surface area contributed by atoms with Gasteiger partial charge in [-0.15, -0.1) is 0 Å². The number of carbonyl (C=O) groups is 2. The van der Waals surface area contributed by atoms with Gasteiger partial charge in [0.15, 0.2) is 0 Å². The van der Waals surface area contributed by atoms with Crippen LogP contribution in [0.1, 0.15) is 13.3 Å². The van der Waals surface area contributed by atoms with Crippen molar-refractivity contribution in [1.82, 2.24) is 0 Å². The van der Waals surface area contributed by atoms with Crippen molar-refractivity contribution in [2.24, 2.45) is 0 Å². The summed E-state index contributed by atoms with van der Waals surface area (Å²) in [6, 6.07) is 0. The zero-order chi connectivity index (χ0) is 12.7. The van der Waals surface area contributed by atoms with E-state index in [-0.39, 0.29) is 5.97 Å². The molecule has 0 aromatic carbocycles. The van der Waals surface area contributed by atoms with Crippen molar-refractivity contribution in [1.29, 1.82) is 0 Å². The van der Waals surface area contributed by atoms with E-state index < -0.39 is 6.16 Å². The van der Waals surface area contributed by atoms with Crippen LogP contribution in [0, 0.1) is 0 Å². The summed E-state index contributed by atoms with van der Waals surface area (Å²) >= 11 is 0. The van der Waals surface area contributed by atoms with E-state index in [0.717, 1.165) is 6.26 Å². The maximum absolute atomic E-state index is 10.1. The highest BCUT2D eigenvalue weighted by molar-refractivity contribution is 5.69. The Morgan fingerprint density at radius 2 is 1.53 bits per heavy atom. The van der Waals surface area contributed by atoms with Crippen LogP contribution in [0.4, 0.5) is 4.79 Å². The SMILES string of the molecule is C=CC=C.C=COC(=O)CC.O=C(O)O. The zero-order valence-electron chi connectivity index (χ0n) is 8.68. The van der Waals surface area contributed by atoms with Crippen molar-refractivity contribution in [2.75, 3.05) is 0 Å². The third-order valence-corrected chi connectivity index (χ3v) is 0.670. The first kappa shape index (κ1) is 18.7. The lowest BCUT2D eigenvalue weighted by Gasteiger charge is -1.88. The van der Waals surface area contributed by atoms with Gasteiger partial charge in [0.25, 0.3) is 0 Å². The van der Waals surface area contributed by atoms with Gasteiger partial charge in [-0.2, -0.15) is 0 Å². The number of hydrogen-bond donors (Lipinski definition) is 2. The predicted octanol–water partition coefficient (Wildman–Crippen LogP) is 2.66. The van der Waals surface area contributed by atoms with Crippen LogP contribution >= 0.6 is 0 Å². The van der Waals surface area contributed by atoms with Crippen molar-refractivity contribution in [3.8, 4) is 0 Å². The molecule has 0 saturated heterocycles. The molecule has 0 aliphatic heterocycles. The van der Waals surface area contributed by atoms with Crippen LogP contribution in [0.3, 0.4) is 0 Å². The number of rotatable bonds is 3. The van der Waals surface area contributed by atoms with Crippen LogP contribution in [0.25, 0.3) is 0 Å². The fourth-order valence-corrected chi connectivity index (χ4v) is 0.176. The number of esters is 1. The Hall–Kier alpha value is -2.04. The van der Waals surface area contributed by atoms with E-state index in [1.807, 2.05) is 0 Å². The summed E-state index contributed by atoms with van der Waals surface area (Å²) in [5.41, 5.74) is 0. The van der Waals surface area contributed by atoms with Crippen LogP contribution in [0.2, 0.25) is 0 Å². The predicted molar refractivity (Wildman–Crippen MR) is 57.6 cm³/mol. The molecule has 0 unspecified atom stereocenters. The quantitative estimate of drug-likeness (QED) is 0.430. The second-order valence-corrected chi connectivity index (χ2v) is 1.76. The highest BCUT2D eigenvalue weighted by Gasteiger charge is 1.89. The Bertz CT molecular complexity index is 198. The van der Waals surface area contributed by atoms with Gasteiger partial charge in [0, 0.05) is 6.42 Å². The number of carbonyl (C=O) groups excluding carboxylic acids is 1. The third kappa shape index (κ3) is 75.7. The van der Waals surface area contributed by atoms with E-state index in [1.54, 1.807) is 19.1 Å². The Morgan fingerprint density at radius 3 is 1.60 bits per heavy atom. The Morgan fingerprint density at radius 1 is 1.20 bits per heavy atom. The van der Waals surface area contributed by atoms with E-state index in [4.69, 9.17) is 15.0 Å². The fraction of sp³-hybridized carbons (Fsp3) is 0.200. The summed E-state index contributed by atoms with van der Waals surface area (Å²) in [4.78, 5) is 18.7. The van der Waals surface area contributed by atoms with Crippen LogP contribution in [-0.2, 0) is 9.53 Å². The van der Waals surface area contributed by atoms with Gasteiger partial charge in [-0.25, -0.2) is 4.79 Å². The van der Waals surface area contributed by atoms with Crippen LogP contribution in [0.5, 0.6) is 0 Å². The van der Waals surface area contributed by atoms with Gasteiger partial charge < -0.3 is 14.9 Å². The molecule has 0 rings (SSSR count). The molecule has 0 aromatic heterocycles. The Kier molecular flexibility index (Phi) is 22.3. The van der Waals surface area contributed by atoms with Crippen molar-refractivity contribution in [3.63, 3.8) is 0 Å². The largest absolute Gasteiger partial charge is 0.503 e. The maximum Gasteiger partial charge on any atom is 0.503 e. The lowest BCUT2D eigenvalue weighted by Crippen LogP contribution is -1.94. The number of ether oxygens (including phenoxy) is 1. The fourth-order valence-electron chi connectivity index (χ4n) is 0.176. The van der Waals surface area contributed by atoms with E-state index >= 15 is 0 Å². The summed E-state index contributed by atoms with van der Waals surface area (Å²) in [5.74, 6) is -0.241. The van der Waals surface area contributed by atoms with Crippen molar-refractivity contribution < 1.29 is 24.5 Å². The summed E-state index contributed by atoms with van der Waals surface area (Å²) < 4.78 is 4.32. The molecule has 0 radical (unpaired) electrons. The van der Waals surface area contributed by atoms with Crippen LogP contribution < -0.4 is 0 Å². The van der Waals surface area contributed by atoms with Crippen molar-refractivity contribution in [2.45, 2.75) is 13.3 Å². The van der Waals surface area contributed by atoms with E-state index in [0.29, 0.717) is 6.42 Å². The second-order valence-electron chi connectivity index (χ2n) is 1.76. The summed E-state index contributed by atoms with van der Waals surface area (Å²) in [6.07, 6.45) is 2.98. The van der Waals surface area contributed by atoms with E-state index in [1.165, 1.54) is 0 Å². The van der Waals surface area contributed by atoms with E-state index in [2.05, 4.69) is 24.5 Å². The van der Waals surface area contributed by atoms with Crippen molar-refractivity contribution in [3.05, 3.63) is 38.2 Å². The van der Waals surface area contributed by atoms with Gasteiger partial charge in [-0.3, -0.25) is 4.79 Å². The molecule has 0 amide bonds. The third-order valence-electron chi connectivity index (χ3n) is 0.670. The first-order chi connectivity index (χ1) is 6.95. The molecule has 0 aliphatic rings. The molecule has 0 aliphatic carbocycles. The topological polar surface area (TPSA) is 83.8 Å². The average Bonchev–Trinajstić information content (AvgIpc) is 2.18. The molecular formula is C10H16O5. The molecule has 2 N–H and O–H groups in total. The normalized spacial score (nSPS) is 6.47. The lowest BCUT2D eigenvalue weighted by molar-refractivity contribution is -0.137. The van der Waals surface area contributed by atoms with Crippen LogP contribution in [0.15, 0.2) is 38.2 Å². The van der Waals surface area contributed by atoms with Crippen molar-refractivity contribution >= 4 is 12.1 Å². The maximum atomic E-state index is 10.1. The second kappa shape index (κ2) is 17.9. The van der Waals surface area contributed by atoms with E-state index in [9.17, 15) is 4.79 Å². The first-order valence-electron chi connectivity index (χ1n) is 3.91. The minimum Gasteiger partial charge on any atom is -0.450 e. The average molecular weight is 216 g/mol. The van der Waals surface area contributed by atoms with Gasteiger partial charge in [-0.1, -0.05) is 38.8 Å². The Balaban J connectivity index is -0.000000155. The molecule has 0 fully saturated rings. The Labute approximate surface area is 89.0 Å². The van der Waals surface area contributed by atoms with Gasteiger partial charge in [0.1, 0.15) is 0 Å². The molecule has 0 atom stereocenters. The molecule has 86 valence electrons. The first-order valence-corrected chi connectivity index (χ1v) is 3.91. The van der Waals surface area contributed by atoms with Gasteiger partial charge >= 0.3 is 12.1 Å². The standard InChI is InChI=1S/C5H8O2.C4H6.CH2O3/c1-3-5(6)7-4-2;1-3-4-2;2-1(3)4/h4H,2-3H2,1H3;3-4H,1-2H2;(H2,2,3,4). The monoisotopic (exact) mass is 216 g/mol.